The summed E-state index contributed by atoms with van der Waals surface area (Å²) in [5.74, 6) is 0.636. The number of halogens is 2. The Morgan fingerprint density at radius 3 is 2.90 bits per heavy atom. The molecule has 0 aromatic heterocycles. The highest BCUT2D eigenvalue weighted by molar-refractivity contribution is 6.30. The summed E-state index contributed by atoms with van der Waals surface area (Å²) in [5, 5.41) is 3.66. The van der Waals surface area contributed by atoms with E-state index >= 15 is 0 Å². The third-order valence-corrected chi connectivity index (χ3v) is 4.02. The fourth-order valence-electron chi connectivity index (χ4n) is 2.64. The maximum Gasteiger partial charge on any atom is 0.147 e. The van der Waals surface area contributed by atoms with Gasteiger partial charge in [0.25, 0.3) is 0 Å². The van der Waals surface area contributed by atoms with Crippen molar-refractivity contribution in [1.29, 1.82) is 0 Å². The molecular formula is C17H17ClFNO. The summed E-state index contributed by atoms with van der Waals surface area (Å²) in [5.41, 5.74) is 2.85. The summed E-state index contributed by atoms with van der Waals surface area (Å²) in [6, 6.07) is 10.9. The fraction of sp³-hybridized carbons (Fsp3) is 0.294. The van der Waals surface area contributed by atoms with Gasteiger partial charge in [0, 0.05) is 11.4 Å². The van der Waals surface area contributed by atoms with Crippen molar-refractivity contribution in [2.45, 2.75) is 25.8 Å². The molecule has 0 bridgehead atoms. The molecule has 1 heterocycles. The van der Waals surface area contributed by atoms with Gasteiger partial charge in [0.2, 0.25) is 0 Å². The van der Waals surface area contributed by atoms with Crippen LogP contribution in [0.15, 0.2) is 36.4 Å². The van der Waals surface area contributed by atoms with Crippen LogP contribution in [0.4, 0.5) is 10.1 Å². The van der Waals surface area contributed by atoms with Crippen LogP contribution in [-0.4, -0.2) is 6.61 Å². The van der Waals surface area contributed by atoms with Crippen molar-refractivity contribution >= 4 is 17.3 Å². The van der Waals surface area contributed by atoms with Crippen LogP contribution in [0.3, 0.4) is 0 Å². The number of rotatable bonds is 4. The SMILES string of the molecule is CCC(Nc1ccc(Cl)cc1F)c1ccc2c(c1)CCO2. The van der Waals surface area contributed by atoms with Gasteiger partial charge >= 0.3 is 0 Å². The number of ether oxygens (including phenoxy) is 1. The lowest BCUT2D eigenvalue weighted by molar-refractivity contribution is 0.357. The molecule has 0 saturated heterocycles. The first-order valence-corrected chi connectivity index (χ1v) is 7.52. The molecule has 2 aromatic carbocycles. The summed E-state index contributed by atoms with van der Waals surface area (Å²) >= 11 is 5.79. The molecule has 1 aliphatic heterocycles. The van der Waals surface area contributed by atoms with E-state index in [4.69, 9.17) is 16.3 Å². The second kappa shape index (κ2) is 5.94. The minimum absolute atomic E-state index is 0.0616. The Kier molecular flexibility index (Phi) is 4.02. The summed E-state index contributed by atoms with van der Waals surface area (Å²) in [6.45, 7) is 2.82. The molecule has 110 valence electrons. The lowest BCUT2D eigenvalue weighted by Crippen LogP contribution is -2.11. The summed E-state index contributed by atoms with van der Waals surface area (Å²) in [7, 11) is 0. The molecule has 0 saturated carbocycles. The van der Waals surface area contributed by atoms with E-state index in [1.807, 2.05) is 12.1 Å². The predicted octanol–water partition coefficient (Wildman–Crippen LogP) is 4.98. The lowest BCUT2D eigenvalue weighted by Gasteiger charge is -2.20. The van der Waals surface area contributed by atoms with Crippen molar-refractivity contribution in [3.63, 3.8) is 0 Å². The van der Waals surface area contributed by atoms with E-state index in [1.165, 1.54) is 11.6 Å². The number of nitrogens with one attached hydrogen (secondary N) is 1. The topological polar surface area (TPSA) is 21.3 Å². The Balaban J connectivity index is 1.85. The van der Waals surface area contributed by atoms with E-state index in [-0.39, 0.29) is 11.9 Å². The van der Waals surface area contributed by atoms with Crippen LogP contribution in [-0.2, 0) is 6.42 Å². The van der Waals surface area contributed by atoms with Crippen molar-refractivity contribution in [2.24, 2.45) is 0 Å². The number of benzene rings is 2. The van der Waals surface area contributed by atoms with E-state index in [9.17, 15) is 4.39 Å². The molecule has 21 heavy (non-hydrogen) atoms. The normalized spacial score (nSPS) is 14.4. The fourth-order valence-corrected chi connectivity index (χ4v) is 2.80. The van der Waals surface area contributed by atoms with Crippen molar-refractivity contribution in [3.8, 4) is 5.75 Å². The minimum atomic E-state index is -0.328. The van der Waals surface area contributed by atoms with Gasteiger partial charge in [-0.05, 0) is 47.9 Å². The van der Waals surface area contributed by atoms with Crippen LogP contribution >= 0.6 is 11.6 Å². The van der Waals surface area contributed by atoms with Gasteiger partial charge in [-0.15, -0.1) is 0 Å². The summed E-state index contributed by atoms with van der Waals surface area (Å²) < 4.78 is 19.4. The zero-order valence-corrected chi connectivity index (χ0v) is 12.6. The molecule has 0 aliphatic carbocycles. The van der Waals surface area contributed by atoms with Crippen molar-refractivity contribution < 1.29 is 9.13 Å². The van der Waals surface area contributed by atoms with Crippen molar-refractivity contribution in [1.82, 2.24) is 0 Å². The molecule has 0 amide bonds. The van der Waals surface area contributed by atoms with Crippen LogP contribution in [0.1, 0.15) is 30.5 Å². The number of fused-ring (bicyclic) bond motifs is 1. The highest BCUT2D eigenvalue weighted by Crippen LogP contribution is 2.31. The average Bonchev–Trinajstić information content (AvgIpc) is 2.94. The predicted molar refractivity (Wildman–Crippen MR) is 83.7 cm³/mol. The minimum Gasteiger partial charge on any atom is -0.493 e. The van der Waals surface area contributed by atoms with E-state index in [2.05, 4.69) is 18.3 Å². The Hall–Kier alpha value is -1.74. The number of hydrogen-bond acceptors (Lipinski definition) is 2. The van der Waals surface area contributed by atoms with E-state index in [0.29, 0.717) is 10.7 Å². The van der Waals surface area contributed by atoms with Crippen LogP contribution in [0.5, 0.6) is 5.75 Å². The van der Waals surface area contributed by atoms with Crippen LogP contribution < -0.4 is 10.1 Å². The van der Waals surface area contributed by atoms with Gasteiger partial charge in [0.05, 0.1) is 18.3 Å². The van der Waals surface area contributed by atoms with Crippen LogP contribution in [0.2, 0.25) is 5.02 Å². The molecule has 3 rings (SSSR count). The molecule has 1 atom stereocenters. The van der Waals surface area contributed by atoms with Gasteiger partial charge in [-0.25, -0.2) is 4.39 Å². The van der Waals surface area contributed by atoms with Gasteiger partial charge in [-0.2, -0.15) is 0 Å². The van der Waals surface area contributed by atoms with Crippen LogP contribution in [0, 0.1) is 5.82 Å². The summed E-state index contributed by atoms with van der Waals surface area (Å²) in [6.07, 6.45) is 1.80. The molecule has 0 fully saturated rings. The highest BCUT2D eigenvalue weighted by atomic mass is 35.5. The van der Waals surface area contributed by atoms with Gasteiger partial charge in [0.1, 0.15) is 11.6 Å². The Labute approximate surface area is 128 Å². The zero-order valence-electron chi connectivity index (χ0n) is 11.8. The van der Waals surface area contributed by atoms with Gasteiger partial charge in [0.15, 0.2) is 0 Å². The molecule has 1 aliphatic rings. The van der Waals surface area contributed by atoms with Gasteiger partial charge < -0.3 is 10.1 Å². The van der Waals surface area contributed by atoms with Crippen LogP contribution in [0.25, 0.3) is 0 Å². The maximum atomic E-state index is 13.9. The standard InChI is InChI=1S/C17H17ClFNO/c1-2-15(20-16-5-4-13(18)10-14(16)19)11-3-6-17-12(9-11)7-8-21-17/h3-6,9-10,15,20H,2,7-8H2,1H3. The molecule has 4 heteroatoms. The summed E-state index contributed by atoms with van der Waals surface area (Å²) in [4.78, 5) is 0. The molecule has 1 unspecified atom stereocenters. The monoisotopic (exact) mass is 305 g/mol. The zero-order chi connectivity index (χ0) is 14.8. The molecule has 0 spiro atoms. The van der Waals surface area contributed by atoms with Crippen molar-refractivity contribution in [3.05, 3.63) is 58.4 Å². The molecule has 2 aromatic rings. The Bertz CT molecular complexity index is 659. The molecule has 0 radical (unpaired) electrons. The first kappa shape index (κ1) is 14.2. The maximum absolute atomic E-state index is 13.9. The average molecular weight is 306 g/mol. The quantitative estimate of drug-likeness (QED) is 0.860. The number of hydrogen-bond donors (Lipinski definition) is 1. The van der Waals surface area contributed by atoms with E-state index in [1.54, 1.807) is 12.1 Å². The van der Waals surface area contributed by atoms with E-state index in [0.717, 1.165) is 30.8 Å². The number of anilines is 1. The smallest absolute Gasteiger partial charge is 0.147 e. The second-order valence-corrected chi connectivity index (χ2v) is 5.63. The lowest BCUT2D eigenvalue weighted by atomic mass is 10.0. The van der Waals surface area contributed by atoms with Crippen molar-refractivity contribution in [2.75, 3.05) is 11.9 Å². The third-order valence-electron chi connectivity index (χ3n) is 3.78. The first-order valence-electron chi connectivity index (χ1n) is 7.14. The largest absolute Gasteiger partial charge is 0.493 e. The molecule has 1 N–H and O–H groups in total. The third kappa shape index (κ3) is 2.98. The second-order valence-electron chi connectivity index (χ2n) is 5.19. The van der Waals surface area contributed by atoms with E-state index < -0.39 is 0 Å². The van der Waals surface area contributed by atoms with Gasteiger partial charge in [-0.1, -0.05) is 24.6 Å². The molecular weight excluding hydrogens is 289 g/mol. The Morgan fingerprint density at radius 1 is 1.29 bits per heavy atom. The first-order chi connectivity index (χ1) is 10.2. The molecule has 2 nitrogen and oxygen atoms in total. The highest BCUT2D eigenvalue weighted by Gasteiger charge is 2.17. The van der Waals surface area contributed by atoms with Gasteiger partial charge in [-0.3, -0.25) is 0 Å². The Morgan fingerprint density at radius 2 is 2.14 bits per heavy atom.